The largest absolute Gasteiger partial charge is 0.508 e. The van der Waals surface area contributed by atoms with Crippen molar-refractivity contribution in [3.8, 4) is 22.6 Å². The number of carbonyl (C=O) groups is 3. The summed E-state index contributed by atoms with van der Waals surface area (Å²) in [5.41, 5.74) is 19.8. The predicted molar refractivity (Wildman–Crippen MR) is 150 cm³/mol. The van der Waals surface area contributed by atoms with E-state index in [4.69, 9.17) is 22.3 Å². The monoisotopic (exact) mass is 556 g/mol. The van der Waals surface area contributed by atoms with Crippen LogP contribution in [0.25, 0.3) is 11.1 Å². The Morgan fingerprint density at radius 2 is 1.60 bits per heavy atom. The first-order valence-electron chi connectivity index (χ1n) is 13.5. The summed E-state index contributed by atoms with van der Waals surface area (Å²) in [6.45, 7) is 0.390. The molecule has 1 heterocycles. The van der Waals surface area contributed by atoms with Crippen molar-refractivity contribution in [3.63, 3.8) is 0 Å². The minimum Gasteiger partial charge on any atom is -0.508 e. The zero-order chi connectivity index (χ0) is 29.2. The second kappa shape index (κ2) is 14.6. The van der Waals surface area contributed by atoms with E-state index in [0.717, 1.165) is 0 Å². The molecular weight excluding hydrogens is 516 g/mol. The summed E-state index contributed by atoms with van der Waals surface area (Å²) < 4.78 is 0. The molecule has 1 aliphatic rings. The fourth-order valence-electron chi connectivity index (χ4n) is 4.55. The van der Waals surface area contributed by atoms with Crippen LogP contribution in [0, 0.1) is 0 Å². The molecule has 0 fully saturated rings. The summed E-state index contributed by atoms with van der Waals surface area (Å²) in [5, 5.41) is 38.3. The Labute approximate surface area is 233 Å². The van der Waals surface area contributed by atoms with Crippen LogP contribution in [0.3, 0.4) is 0 Å². The van der Waals surface area contributed by atoms with Gasteiger partial charge in [0.15, 0.2) is 0 Å². The molecule has 3 amide bonds. The molecule has 2 aromatic carbocycles. The highest BCUT2D eigenvalue weighted by Crippen LogP contribution is 2.30. The third-order valence-electron chi connectivity index (χ3n) is 6.94. The zero-order valence-corrected chi connectivity index (χ0v) is 22.4. The van der Waals surface area contributed by atoms with E-state index in [2.05, 4.69) is 16.0 Å². The van der Waals surface area contributed by atoms with Gasteiger partial charge in [-0.15, -0.1) is 0 Å². The number of nitrogens with one attached hydrogen (secondary N) is 3. The van der Waals surface area contributed by atoms with E-state index in [9.17, 15) is 24.6 Å². The van der Waals surface area contributed by atoms with E-state index in [1.807, 2.05) is 0 Å². The molecule has 0 spiro atoms. The number of carbonyl (C=O) groups excluding carboxylic acids is 3. The summed E-state index contributed by atoms with van der Waals surface area (Å²) in [6, 6.07) is 6.30. The van der Waals surface area contributed by atoms with Crippen molar-refractivity contribution < 1.29 is 29.7 Å². The fourth-order valence-corrected chi connectivity index (χ4v) is 4.55. The zero-order valence-electron chi connectivity index (χ0n) is 22.4. The average molecular weight is 557 g/mol. The van der Waals surface area contributed by atoms with Gasteiger partial charge in [0.2, 0.25) is 17.7 Å². The molecule has 40 heavy (non-hydrogen) atoms. The lowest BCUT2D eigenvalue weighted by Gasteiger charge is -2.24. The quantitative estimate of drug-likeness (QED) is 0.174. The lowest BCUT2D eigenvalue weighted by molar-refractivity contribution is -0.132. The normalized spacial score (nSPS) is 20.4. The predicted octanol–water partition coefficient (Wildman–Crippen LogP) is -0.885. The van der Waals surface area contributed by atoms with Crippen LogP contribution in [0.2, 0.25) is 0 Å². The maximum absolute atomic E-state index is 13.4. The van der Waals surface area contributed by atoms with Crippen molar-refractivity contribution in [1.29, 1.82) is 0 Å². The van der Waals surface area contributed by atoms with Crippen molar-refractivity contribution in [3.05, 3.63) is 47.5 Å². The van der Waals surface area contributed by atoms with Crippen LogP contribution >= 0.6 is 0 Å². The average Bonchev–Trinajstić information content (AvgIpc) is 2.94. The van der Waals surface area contributed by atoms with Gasteiger partial charge in [-0.25, -0.2) is 0 Å². The molecule has 12 nitrogen and oxygen atoms in total. The van der Waals surface area contributed by atoms with Gasteiger partial charge in [0.05, 0.1) is 12.6 Å². The Bertz CT molecular complexity index is 1190. The number of benzene rings is 2. The number of nitrogens with two attached hydrogens (primary N) is 3. The minimum absolute atomic E-state index is 0.0205. The van der Waals surface area contributed by atoms with Crippen LogP contribution in [0.15, 0.2) is 36.4 Å². The van der Waals surface area contributed by atoms with Crippen LogP contribution < -0.4 is 33.2 Å². The number of aliphatic hydroxyl groups excluding tert-OH is 1. The third-order valence-corrected chi connectivity index (χ3v) is 6.94. The Morgan fingerprint density at radius 3 is 2.20 bits per heavy atom. The molecule has 0 aliphatic carbocycles. The van der Waals surface area contributed by atoms with Crippen molar-refractivity contribution in [2.24, 2.45) is 17.2 Å². The fraction of sp³-hybridized carbons (Fsp3) is 0.464. The lowest BCUT2D eigenvalue weighted by atomic mass is 9.95. The van der Waals surface area contributed by atoms with Crippen LogP contribution in [-0.4, -0.2) is 76.9 Å². The number of rotatable bonds is 9. The molecule has 1 aliphatic heterocycles. The first-order chi connectivity index (χ1) is 19.1. The van der Waals surface area contributed by atoms with Crippen molar-refractivity contribution in [2.45, 2.75) is 62.7 Å². The number of aromatic hydroxyl groups is 2. The van der Waals surface area contributed by atoms with Crippen molar-refractivity contribution >= 4 is 17.7 Å². The molecule has 4 atom stereocenters. The van der Waals surface area contributed by atoms with Crippen LogP contribution in [0.4, 0.5) is 0 Å². The van der Waals surface area contributed by atoms with Crippen molar-refractivity contribution in [1.82, 2.24) is 16.0 Å². The number of amides is 3. The lowest BCUT2D eigenvalue weighted by Crippen LogP contribution is -2.56. The van der Waals surface area contributed by atoms with E-state index in [-0.39, 0.29) is 50.5 Å². The summed E-state index contributed by atoms with van der Waals surface area (Å²) in [7, 11) is 0. The van der Waals surface area contributed by atoms with Gasteiger partial charge in [0.25, 0.3) is 0 Å². The molecule has 2 aromatic rings. The van der Waals surface area contributed by atoms with Gasteiger partial charge in [-0.3, -0.25) is 14.4 Å². The van der Waals surface area contributed by atoms with E-state index in [0.29, 0.717) is 41.5 Å². The van der Waals surface area contributed by atoms with Crippen LogP contribution in [-0.2, 0) is 27.2 Å². The number of hydrogen-bond acceptors (Lipinski definition) is 9. The summed E-state index contributed by atoms with van der Waals surface area (Å²) >= 11 is 0. The highest BCUT2D eigenvalue weighted by atomic mass is 16.3. The van der Waals surface area contributed by atoms with E-state index >= 15 is 0 Å². The van der Waals surface area contributed by atoms with E-state index in [1.165, 1.54) is 12.1 Å². The minimum atomic E-state index is -1.08. The third kappa shape index (κ3) is 8.39. The number of phenols is 2. The summed E-state index contributed by atoms with van der Waals surface area (Å²) in [4.78, 5) is 39.6. The van der Waals surface area contributed by atoms with Crippen molar-refractivity contribution in [2.75, 3.05) is 19.7 Å². The maximum atomic E-state index is 13.4. The second-order valence-corrected chi connectivity index (χ2v) is 10.1. The molecule has 0 saturated heterocycles. The van der Waals surface area contributed by atoms with Crippen LogP contribution in [0.5, 0.6) is 11.5 Å². The smallest absolute Gasteiger partial charge is 0.243 e. The number of aliphatic hydroxyl groups is 1. The molecule has 218 valence electrons. The topological polar surface area (TPSA) is 226 Å². The molecule has 12 N–H and O–H groups in total. The van der Waals surface area contributed by atoms with Gasteiger partial charge in [0, 0.05) is 25.4 Å². The first kappa shape index (κ1) is 30.8. The molecule has 3 rings (SSSR count). The van der Waals surface area contributed by atoms with Crippen LogP contribution in [0.1, 0.15) is 36.8 Å². The molecule has 12 heteroatoms. The standard InChI is InChI=1S/C28H40N6O6/c29-9-1-4-22-28(40)34-23(27(39)32-10-2-3-20(30)15-35)14-19-12-17(6-8-25(19)37)16-5-7-24(36)18(11-16)13-21(31)26(38)33-22/h5-8,11-12,20-23,35-37H,1-4,9-10,13-15,29-31H2,(H,32,39)(H,33,38)(H,34,40)/t20-,21+,22-,23-/m0/s1. The molecule has 4 bridgehead atoms. The van der Waals surface area contributed by atoms with Gasteiger partial charge in [0.1, 0.15) is 23.6 Å². The van der Waals surface area contributed by atoms with Gasteiger partial charge >= 0.3 is 0 Å². The Balaban J connectivity index is 1.98. The summed E-state index contributed by atoms with van der Waals surface area (Å²) in [6.07, 6.45) is 1.66. The highest BCUT2D eigenvalue weighted by Gasteiger charge is 2.29. The number of phenolic OH excluding ortho intramolecular Hbond substituents is 2. The molecule has 0 radical (unpaired) electrons. The van der Waals surface area contributed by atoms with Gasteiger partial charge < -0.3 is 48.5 Å². The SMILES string of the molecule is NCCC[C@@H]1NC(=O)[C@H](N)Cc2cc(ccc2O)-c2ccc(O)c(c2)C[C@@H](C(=O)NCCC[C@H](N)CO)NC1=O. The van der Waals surface area contributed by atoms with Gasteiger partial charge in [-0.05, 0) is 78.7 Å². The summed E-state index contributed by atoms with van der Waals surface area (Å²) in [5.74, 6) is -1.73. The Morgan fingerprint density at radius 1 is 0.975 bits per heavy atom. The van der Waals surface area contributed by atoms with E-state index < -0.39 is 41.9 Å². The van der Waals surface area contributed by atoms with E-state index in [1.54, 1.807) is 24.3 Å². The first-order valence-corrected chi connectivity index (χ1v) is 13.5. The Kier molecular flexibility index (Phi) is 11.3. The molecule has 0 unspecified atom stereocenters. The maximum Gasteiger partial charge on any atom is 0.243 e. The van der Waals surface area contributed by atoms with Gasteiger partial charge in [-0.2, -0.15) is 0 Å². The second-order valence-electron chi connectivity index (χ2n) is 10.1. The molecule has 0 aromatic heterocycles. The number of hydrogen-bond donors (Lipinski definition) is 9. The molecular formula is C28H40N6O6. The Hall–Kier alpha value is -3.71. The molecule has 0 saturated carbocycles. The highest BCUT2D eigenvalue weighted by molar-refractivity contribution is 5.93. The number of fused-ring (bicyclic) bond motifs is 5. The van der Waals surface area contributed by atoms with Gasteiger partial charge in [-0.1, -0.05) is 12.1 Å².